The van der Waals surface area contributed by atoms with Crippen molar-refractivity contribution in [3.05, 3.63) is 18.2 Å². The Bertz CT molecular complexity index is 332. The molecular weight excluding hydrogens is 210 g/mol. The molecule has 1 heterocycles. The van der Waals surface area contributed by atoms with E-state index in [9.17, 15) is 0 Å². The molecule has 0 radical (unpaired) electrons. The number of hydrogen-bond acceptors (Lipinski definition) is 2. The van der Waals surface area contributed by atoms with Gasteiger partial charge in [-0.1, -0.05) is 20.3 Å². The van der Waals surface area contributed by atoms with E-state index in [1.165, 1.54) is 31.4 Å². The van der Waals surface area contributed by atoms with Crippen LogP contribution in [0.25, 0.3) is 0 Å². The Balaban J connectivity index is 1.85. The van der Waals surface area contributed by atoms with Crippen LogP contribution in [0.2, 0.25) is 0 Å². The molecule has 2 rings (SSSR count). The molecule has 0 aliphatic heterocycles. The van der Waals surface area contributed by atoms with Gasteiger partial charge in [0, 0.05) is 19.3 Å². The van der Waals surface area contributed by atoms with E-state index in [4.69, 9.17) is 0 Å². The monoisotopic (exact) mass is 235 g/mol. The summed E-state index contributed by atoms with van der Waals surface area (Å²) in [5, 5.41) is 3.45. The van der Waals surface area contributed by atoms with Crippen molar-refractivity contribution in [1.29, 1.82) is 0 Å². The van der Waals surface area contributed by atoms with Crippen LogP contribution in [0.3, 0.4) is 0 Å². The molecule has 1 aliphatic rings. The fourth-order valence-corrected chi connectivity index (χ4v) is 2.82. The van der Waals surface area contributed by atoms with Crippen molar-refractivity contribution in [3.63, 3.8) is 0 Å². The Morgan fingerprint density at radius 2 is 2.35 bits per heavy atom. The standard InChI is InChI=1S/C14H25N3/c1-3-6-15-8-14-9-16-11-17(14)10-13-5-4-12(2)7-13/h9,11-13,15H,3-8,10H2,1-2H3. The second-order valence-corrected chi connectivity index (χ2v) is 5.50. The first-order valence-corrected chi connectivity index (χ1v) is 6.99. The molecule has 1 fully saturated rings. The predicted octanol–water partition coefficient (Wildman–Crippen LogP) is 2.82. The summed E-state index contributed by atoms with van der Waals surface area (Å²) in [6.45, 7) is 7.77. The highest BCUT2D eigenvalue weighted by molar-refractivity contribution is 4.98. The maximum atomic E-state index is 4.28. The van der Waals surface area contributed by atoms with Gasteiger partial charge in [0.05, 0.1) is 12.0 Å². The first kappa shape index (κ1) is 12.6. The van der Waals surface area contributed by atoms with E-state index in [-0.39, 0.29) is 0 Å². The molecule has 17 heavy (non-hydrogen) atoms. The van der Waals surface area contributed by atoms with Crippen LogP contribution >= 0.6 is 0 Å². The van der Waals surface area contributed by atoms with E-state index in [2.05, 4.69) is 28.7 Å². The van der Waals surface area contributed by atoms with Crippen molar-refractivity contribution in [3.8, 4) is 0 Å². The molecule has 2 atom stereocenters. The Morgan fingerprint density at radius 3 is 3.06 bits per heavy atom. The van der Waals surface area contributed by atoms with Crippen molar-refractivity contribution in [2.45, 2.75) is 52.6 Å². The summed E-state index contributed by atoms with van der Waals surface area (Å²) in [6.07, 6.45) is 9.37. The van der Waals surface area contributed by atoms with Gasteiger partial charge in [0.15, 0.2) is 0 Å². The highest BCUT2D eigenvalue weighted by atomic mass is 15.1. The fraction of sp³-hybridized carbons (Fsp3) is 0.786. The summed E-state index contributed by atoms with van der Waals surface area (Å²) in [7, 11) is 0. The van der Waals surface area contributed by atoms with Gasteiger partial charge >= 0.3 is 0 Å². The zero-order valence-corrected chi connectivity index (χ0v) is 11.2. The van der Waals surface area contributed by atoms with Gasteiger partial charge in [0.2, 0.25) is 0 Å². The molecule has 0 aromatic carbocycles. The van der Waals surface area contributed by atoms with Crippen LogP contribution < -0.4 is 5.32 Å². The molecule has 0 amide bonds. The highest BCUT2D eigenvalue weighted by Crippen LogP contribution is 2.31. The molecule has 1 aromatic rings. The number of aromatic nitrogens is 2. The summed E-state index contributed by atoms with van der Waals surface area (Å²) in [4.78, 5) is 4.28. The normalized spacial score (nSPS) is 24.4. The van der Waals surface area contributed by atoms with Gasteiger partial charge in [-0.2, -0.15) is 0 Å². The summed E-state index contributed by atoms with van der Waals surface area (Å²) in [5.74, 6) is 1.79. The molecule has 0 saturated heterocycles. The SMILES string of the molecule is CCCNCc1cncn1CC1CCC(C)C1. The molecule has 96 valence electrons. The Kier molecular flexibility index (Phi) is 4.60. The van der Waals surface area contributed by atoms with Gasteiger partial charge in [-0.25, -0.2) is 4.98 Å². The first-order valence-electron chi connectivity index (χ1n) is 6.99. The van der Waals surface area contributed by atoms with Crippen LogP contribution in [-0.2, 0) is 13.1 Å². The van der Waals surface area contributed by atoms with E-state index < -0.39 is 0 Å². The maximum absolute atomic E-state index is 4.28. The van der Waals surface area contributed by atoms with Crippen LogP contribution in [0.5, 0.6) is 0 Å². The van der Waals surface area contributed by atoms with Crippen molar-refractivity contribution in [1.82, 2.24) is 14.9 Å². The number of rotatable bonds is 6. The van der Waals surface area contributed by atoms with E-state index >= 15 is 0 Å². The van der Waals surface area contributed by atoms with Crippen molar-refractivity contribution in [2.75, 3.05) is 6.54 Å². The van der Waals surface area contributed by atoms with E-state index in [0.717, 1.165) is 31.5 Å². The Morgan fingerprint density at radius 1 is 1.47 bits per heavy atom. The first-order chi connectivity index (χ1) is 8.29. The number of nitrogens with zero attached hydrogens (tertiary/aromatic N) is 2. The molecule has 2 unspecified atom stereocenters. The van der Waals surface area contributed by atoms with Gasteiger partial charge in [-0.05, 0) is 37.6 Å². The average Bonchev–Trinajstić information content (AvgIpc) is 2.90. The Hall–Kier alpha value is -0.830. The van der Waals surface area contributed by atoms with E-state index in [1.807, 2.05) is 12.5 Å². The minimum atomic E-state index is 0.865. The van der Waals surface area contributed by atoms with Gasteiger partial charge in [-0.3, -0.25) is 0 Å². The fourth-order valence-electron chi connectivity index (χ4n) is 2.82. The average molecular weight is 235 g/mol. The zero-order chi connectivity index (χ0) is 12.1. The van der Waals surface area contributed by atoms with Crippen LogP contribution in [0.4, 0.5) is 0 Å². The van der Waals surface area contributed by atoms with Crippen molar-refractivity contribution >= 4 is 0 Å². The third kappa shape index (κ3) is 3.56. The Labute approximate surface area is 105 Å². The van der Waals surface area contributed by atoms with Crippen LogP contribution in [0.1, 0.15) is 45.2 Å². The lowest BCUT2D eigenvalue weighted by molar-refractivity contribution is 0.430. The molecule has 1 aromatic heterocycles. The number of hydrogen-bond donors (Lipinski definition) is 1. The lowest BCUT2D eigenvalue weighted by Crippen LogP contribution is -2.18. The van der Waals surface area contributed by atoms with Crippen molar-refractivity contribution in [2.24, 2.45) is 11.8 Å². The quantitative estimate of drug-likeness (QED) is 0.768. The molecule has 0 spiro atoms. The minimum Gasteiger partial charge on any atom is -0.333 e. The van der Waals surface area contributed by atoms with Gasteiger partial charge in [0.1, 0.15) is 0 Å². The third-order valence-electron chi connectivity index (χ3n) is 3.79. The molecule has 1 N–H and O–H groups in total. The lowest BCUT2D eigenvalue weighted by atomic mass is 10.1. The predicted molar refractivity (Wildman–Crippen MR) is 70.7 cm³/mol. The lowest BCUT2D eigenvalue weighted by Gasteiger charge is -2.13. The van der Waals surface area contributed by atoms with Crippen LogP contribution in [-0.4, -0.2) is 16.1 Å². The molecular formula is C14H25N3. The molecule has 3 heteroatoms. The van der Waals surface area contributed by atoms with Crippen molar-refractivity contribution < 1.29 is 0 Å². The summed E-state index contributed by atoms with van der Waals surface area (Å²) >= 11 is 0. The zero-order valence-electron chi connectivity index (χ0n) is 11.2. The summed E-state index contributed by atoms with van der Waals surface area (Å²) in [5.41, 5.74) is 1.33. The molecule has 1 saturated carbocycles. The minimum absolute atomic E-state index is 0.865. The number of nitrogens with one attached hydrogen (secondary N) is 1. The van der Waals surface area contributed by atoms with E-state index in [1.54, 1.807) is 0 Å². The second kappa shape index (κ2) is 6.20. The van der Waals surface area contributed by atoms with Crippen LogP contribution in [0, 0.1) is 11.8 Å². The smallest absolute Gasteiger partial charge is 0.0948 e. The summed E-state index contributed by atoms with van der Waals surface area (Å²) < 4.78 is 2.34. The second-order valence-electron chi connectivity index (χ2n) is 5.50. The largest absolute Gasteiger partial charge is 0.333 e. The number of imidazole rings is 1. The topological polar surface area (TPSA) is 29.9 Å². The highest BCUT2D eigenvalue weighted by Gasteiger charge is 2.21. The summed E-state index contributed by atoms with van der Waals surface area (Å²) in [6, 6.07) is 0. The molecule has 1 aliphatic carbocycles. The van der Waals surface area contributed by atoms with Gasteiger partial charge in [0.25, 0.3) is 0 Å². The van der Waals surface area contributed by atoms with Gasteiger partial charge in [-0.15, -0.1) is 0 Å². The molecule has 3 nitrogen and oxygen atoms in total. The third-order valence-corrected chi connectivity index (χ3v) is 3.79. The molecule has 0 bridgehead atoms. The van der Waals surface area contributed by atoms with Gasteiger partial charge < -0.3 is 9.88 Å². The van der Waals surface area contributed by atoms with E-state index in [0.29, 0.717) is 0 Å². The maximum Gasteiger partial charge on any atom is 0.0948 e. The van der Waals surface area contributed by atoms with Crippen LogP contribution in [0.15, 0.2) is 12.5 Å².